The quantitative estimate of drug-likeness (QED) is 0.550. The van der Waals surface area contributed by atoms with Crippen LogP contribution in [0.1, 0.15) is 68.6 Å². The van der Waals surface area contributed by atoms with Crippen molar-refractivity contribution in [3.05, 3.63) is 28.3 Å². The number of halogens is 1. The van der Waals surface area contributed by atoms with Crippen molar-refractivity contribution in [2.45, 2.75) is 70.1 Å². The van der Waals surface area contributed by atoms with Crippen LogP contribution < -0.4 is 5.32 Å². The first-order valence-corrected chi connectivity index (χ1v) is 11.9. The van der Waals surface area contributed by atoms with Gasteiger partial charge in [0.25, 0.3) is 0 Å². The lowest BCUT2D eigenvalue weighted by Crippen LogP contribution is -2.43. The molecule has 1 saturated heterocycles. The maximum absolute atomic E-state index is 12.8. The van der Waals surface area contributed by atoms with Gasteiger partial charge in [-0.15, -0.1) is 0 Å². The number of hydrogen-bond donors (Lipinski definition) is 3. The first kappa shape index (κ1) is 23.0. The predicted octanol–water partition coefficient (Wildman–Crippen LogP) is 2.63. The molecule has 3 aliphatic rings. The maximum atomic E-state index is 12.8. The Hall–Kier alpha value is -2.16. The van der Waals surface area contributed by atoms with Crippen LogP contribution in [0.4, 0.5) is 5.69 Å². The molecule has 32 heavy (non-hydrogen) atoms. The number of amides is 2. The molecular formula is C23H31ClN4O4. The zero-order valence-corrected chi connectivity index (χ0v) is 19.0. The van der Waals surface area contributed by atoms with E-state index in [2.05, 4.69) is 10.3 Å². The molecule has 0 bridgehead atoms. The molecule has 0 radical (unpaired) electrons. The second kappa shape index (κ2) is 10.2. The summed E-state index contributed by atoms with van der Waals surface area (Å²) in [5, 5.41) is 23.6. The molecule has 8 nitrogen and oxygen atoms in total. The Morgan fingerprint density at radius 3 is 2.81 bits per heavy atom. The van der Waals surface area contributed by atoms with Crippen LogP contribution in [0.2, 0.25) is 5.02 Å². The smallest absolute Gasteiger partial charge is 0.246 e. The van der Waals surface area contributed by atoms with Crippen LogP contribution in [-0.2, 0) is 16.1 Å². The molecule has 2 aliphatic heterocycles. The van der Waals surface area contributed by atoms with Crippen molar-refractivity contribution in [2.24, 2.45) is 4.99 Å². The summed E-state index contributed by atoms with van der Waals surface area (Å²) in [6, 6.07) is 3.73. The van der Waals surface area contributed by atoms with Gasteiger partial charge in [-0.05, 0) is 37.8 Å². The molecule has 1 aliphatic carbocycles. The molecule has 2 fully saturated rings. The molecule has 174 valence electrons. The molecule has 1 aromatic rings. The highest BCUT2D eigenvalue weighted by Gasteiger charge is 2.32. The summed E-state index contributed by atoms with van der Waals surface area (Å²) in [7, 11) is 0. The third-order valence-electron chi connectivity index (χ3n) is 6.62. The first-order valence-electron chi connectivity index (χ1n) is 11.5. The molecule has 4 rings (SSSR count). The average molecular weight is 463 g/mol. The van der Waals surface area contributed by atoms with Crippen LogP contribution in [0.3, 0.4) is 0 Å². The number of aliphatic imine (C=N–C) groups is 1. The largest absolute Gasteiger partial charge is 0.395 e. The van der Waals surface area contributed by atoms with E-state index in [-0.39, 0.29) is 31.0 Å². The first-order chi connectivity index (χ1) is 15.5. The summed E-state index contributed by atoms with van der Waals surface area (Å²) in [6.45, 7) is 1.02. The standard InChI is InChI=1S/C23H31ClN4O4/c24-17-9-10-18-16(13-27-14-20(31)26-23(27)25-18)22(17)19(30)7-4-8-21(32)28(11-12-29)15-5-2-1-3-6-15/h9-10,15,19,29-30H,1-8,11-14H2,(H,25,26,31). The number of aliphatic hydroxyl groups is 2. The number of fused-ring (bicyclic) bond motifs is 2. The lowest BCUT2D eigenvalue weighted by molar-refractivity contribution is -0.135. The number of guanidine groups is 1. The number of rotatable bonds is 8. The molecule has 1 aromatic carbocycles. The van der Waals surface area contributed by atoms with Gasteiger partial charge in [0.15, 0.2) is 0 Å². The minimum absolute atomic E-state index is 0.0347. The van der Waals surface area contributed by atoms with Gasteiger partial charge in [0.1, 0.15) is 6.54 Å². The van der Waals surface area contributed by atoms with Crippen LogP contribution in [0.5, 0.6) is 0 Å². The van der Waals surface area contributed by atoms with E-state index in [9.17, 15) is 19.8 Å². The minimum Gasteiger partial charge on any atom is -0.395 e. The van der Waals surface area contributed by atoms with Gasteiger partial charge in [-0.25, -0.2) is 4.99 Å². The molecular weight excluding hydrogens is 432 g/mol. The summed E-state index contributed by atoms with van der Waals surface area (Å²) in [4.78, 5) is 32.7. The molecule has 0 aromatic heterocycles. The van der Waals surface area contributed by atoms with Gasteiger partial charge in [0.2, 0.25) is 17.8 Å². The number of hydrogen-bond acceptors (Lipinski definition) is 6. The topological polar surface area (TPSA) is 105 Å². The fourth-order valence-electron chi connectivity index (χ4n) is 5.03. The average Bonchev–Trinajstić information content (AvgIpc) is 3.15. The summed E-state index contributed by atoms with van der Waals surface area (Å²) >= 11 is 6.45. The van der Waals surface area contributed by atoms with Crippen molar-refractivity contribution in [1.82, 2.24) is 15.1 Å². The van der Waals surface area contributed by atoms with E-state index in [1.54, 1.807) is 12.1 Å². The van der Waals surface area contributed by atoms with Crippen molar-refractivity contribution >= 4 is 35.1 Å². The molecule has 1 unspecified atom stereocenters. The van der Waals surface area contributed by atoms with E-state index in [4.69, 9.17) is 11.6 Å². The Bertz CT molecular complexity index is 900. The molecule has 1 atom stereocenters. The van der Waals surface area contributed by atoms with E-state index in [0.29, 0.717) is 54.6 Å². The highest BCUT2D eigenvalue weighted by molar-refractivity contribution is 6.31. The molecule has 9 heteroatoms. The summed E-state index contributed by atoms with van der Waals surface area (Å²) in [5.74, 6) is 0.464. The second-order valence-corrected chi connectivity index (χ2v) is 9.22. The van der Waals surface area contributed by atoms with Gasteiger partial charge >= 0.3 is 0 Å². The number of carbonyl (C=O) groups is 2. The minimum atomic E-state index is -0.825. The Kier molecular flexibility index (Phi) is 7.33. The SMILES string of the molecule is O=C1CN2Cc3c(ccc(Cl)c3C(O)CCCC(=O)N(CCO)C3CCCCC3)N=C2N1. The van der Waals surface area contributed by atoms with Crippen LogP contribution in [0.25, 0.3) is 0 Å². The van der Waals surface area contributed by atoms with Gasteiger partial charge < -0.3 is 20.0 Å². The van der Waals surface area contributed by atoms with Crippen LogP contribution in [0, 0.1) is 0 Å². The third kappa shape index (κ3) is 4.92. The Balaban J connectivity index is 1.40. The maximum Gasteiger partial charge on any atom is 0.246 e. The number of carbonyl (C=O) groups excluding carboxylic acids is 2. The monoisotopic (exact) mass is 462 g/mol. The van der Waals surface area contributed by atoms with Gasteiger partial charge in [-0.2, -0.15) is 0 Å². The summed E-state index contributed by atoms with van der Waals surface area (Å²) in [6.07, 6.45) is 5.87. The van der Waals surface area contributed by atoms with Crippen LogP contribution in [-0.4, -0.2) is 63.5 Å². The zero-order valence-electron chi connectivity index (χ0n) is 18.2. The van der Waals surface area contributed by atoms with Crippen molar-refractivity contribution in [1.29, 1.82) is 0 Å². The third-order valence-corrected chi connectivity index (χ3v) is 6.95. The fraction of sp³-hybridized carbons (Fsp3) is 0.609. The van der Waals surface area contributed by atoms with E-state index in [1.807, 2.05) is 9.80 Å². The van der Waals surface area contributed by atoms with Gasteiger partial charge in [-0.1, -0.05) is 30.9 Å². The normalized spacial score (nSPS) is 19.2. The van der Waals surface area contributed by atoms with E-state index in [0.717, 1.165) is 31.2 Å². The lowest BCUT2D eigenvalue weighted by atomic mass is 9.93. The molecule has 0 spiro atoms. The van der Waals surface area contributed by atoms with Gasteiger partial charge in [-0.3, -0.25) is 14.9 Å². The molecule has 2 heterocycles. The number of nitrogens with one attached hydrogen (secondary N) is 1. The van der Waals surface area contributed by atoms with Crippen molar-refractivity contribution in [3.63, 3.8) is 0 Å². The van der Waals surface area contributed by atoms with E-state index in [1.165, 1.54) is 6.42 Å². The zero-order chi connectivity index (χ0) is 22.7. The Labute approximate surface area is 193 Å². The predicted molar refractivity (Wildman–Crippen MR) is 122 cm³/mol. The van der Waals surface area contributed by atoms with Crippen LogP contribution >= 0.6 is 11.6 Å². The Morgan fingerprint density at radius 2 is 2.06 bits per heavy atom. The van der Waals surface area contributed by atoms with E-state index < -0.39 is 6.10 Å². The summed E-state index contributed by atoms with van der Waals surface area (Å²) in [5.41, 5.74) is 2.14. The van der Waals surface area contributed by atoms with Gasteiger partial charge in [0.05, 0.1) is 18.4 Å². The number of benzene rings is 1. The molecule has 3 N–H and O–H groups in total. The molecule has 2 amide bonds. The van der Waals surface area contributed by atoms with Crippen molar-refractivity contribution in [2.75, 3.05) is 19.7 Å². The van der Waals surface area contributed by atoms with Crippen LogP contribution in [0.15, 0.2) is 17.1 Å². The van der Waals surface area contributed by atoms with Crippen molar-refractivity contribution in [3.8, 4) is 0 Å². The summed E-state index contributed by atoms with van der Waals surface area (Å²) < 4.78 is 0. The molecule has 1 saturated carbocycles. The van der Waals surface area contributed by atoms with Crippen molar-refractivity contribution < 1.29 is 19.8 Å². The number of nitrogens with zero attached hydrogens (tertiary/aromatic N) is 3. The highest BCUT2D eigenvalue weighted by atomic mass is 35.5. The number of aliphatic hydroxyl groups excluding tert-OH is 2. The van der Waals surface area contributed by atoms with Gasteiger partial charge in [0, 0.05) is 41.7 Å². The second-order valence-electron chi connectivity index (χ2n) is 8.81. The Morgan fingerprint density at radius 1 is 1.28 bits per heavy atom. The highest BCUT2D eigenvalue weighted by Crippen LogP contribution is 2.38. The van der Waals surface area contributed by atoms with E-state index >= 15 is 0 Å². The fourth-order valence-corrected chi connectivity index (χ4v) is 5.33. The lowest BCUT2D eigenvalue weighted by Gasteiger charge is -2.34.